The molecule has 382 valence electrons. The van der Waals surface area contributed by atoms with Crippen molar-refractivity contribution in [3.63, 3.8) is 0 Å². The topological polar surface area (TPSA) is 178 Å². The number of carbonyl (C=O) groups is 3. The molecular weight excluding hydrogens is 1010 g/mol. The van der Waals surface area contributed by atoms with Gasteiger partial charge in [0.05, 0.1) is 45.3 Å². The number of carbonyl (C=O) groups excluding carboxylic acids is 3. The fraction of sp³-hybridized carbons (Fsp3) is 0.471. The molecule has 5 aromatic rings. The van der Waals surface area contributed by atoms with Gasteiger partial charge in [0.25, 0.3) is 0 Å². The van der Waals surface area contributed by atoms with Crippen LogP contribution >= 0.6 is 23.1 Å². The molecular formula is C51H60BrF3N11O5P. The highest BCUT2D eigenvalue weighted by Crippen LogP contribution is 2.43. The molecule has 0 radical (unpaired) electrons. The molecule has 3 N–H and O–H groups in total. The lowest BCUT2D eigenvalue weighted by Crippen LogP contribution is -2.54. The molecule has 21 heteroatoms. The van der Waals surface area contributed by atoms with Crippen LogP contribution in [-0.2, 0) is 31.5 Å². The quantitative estimate of drug-likeness (QED) is 0.0756. The van der Waals surface area contributed by atoms with E-state index in [0.29, 0.717) is 101 Å². The molecule has 4 aliphatic heterocycles. The Morgan fingerprint density at radius 3 is 2.28 bits per heavy atom. The Balaban J connectivity index is 0.763. The van der Waals surface area contributed by atoms with Crippen molar-refractivity contribution >= 4 is 91.6 Å². The Labute approximate surface area is 425 Å². The highest BCUT2D eigenvalue weighted by atomic mass is 79.9. The third-order valence-electron chi connectivity index (χ3n) is 14.6. The van der Waals surface area contributed by atoms with E-state index in [1.807, 2.05) is 21.9 Å². The molecule has 0 aliphatic carbocycles. The standard InChI is InChI=1S/C51H60BrF3N11O5P/c1-5-32-27-41(60-50-58-30-38(52)48(62-50)59-40-10-9-39-46(57-17-16-56-39)47(40)72(3,4)70)43(71-2)29-42(32)65-20-14-33(15-21-65)64-22-24-66(25-23-64)45(68)26-31-12-18-63(19-13-31)34-6-7-35(37(28-34)51(53,54)55)36-8-11-44(67)61-49(36)69/h6-7,9-10,16-17,27-31,33,36H,5,8,11-15,18-26H2,1-4H3,(H,61,67,69)(H2,58,59,60,62). The monoisotopic (exact) mass is 1070 g/mol. The Kier molecular flexibility index (Phi) is 15.1. The SMILES string of the molecule is CCc1cc(Nc2ncc(Br)c(Nc3ccc4nccnc4c3P(C)(C)=O)n2)c(OC)cc1N1CCC(N2CCN(C(=O)CC3CCN(c4ccc(C5CCC(=O)NC5=O)c(C(F)(F)F)c4)CC3)CC2)CC1. The van der Waals surface area contributed by atoms with Crippen LogP contribution in [0.15, 0.2) is 65.5 Å². The number of anilines is 6. The third-order valence-corrected chi connectivity index (χ3v) is 16.7. The van der Waals surface area contributed by atoms with Gasteiger partial charge in [-0.1, -0.05) is 13.0 Å². The van der Waals surface area contributed by atoms with Crippen molar-refractivity contribution < 1.29 is 36.9 Å². The van der Waals surface area contributed by atoms with Crippen LogP contribution in [0.5, 0.6) is 5.75 Å². The van der Waals surface area contributed by atoms with E-state index in [4.69, 9.17) is 9.72 Å². The molecule has 2 aromatic heterocycles. The van der Waals surface area contributed by atoms with Gasteiger partial charge >= 0.3 is 6.18 Å². The number of fused-ring (bicyclic) bond motifs is 1. The van der Waals surface area contributed by atoms with E-state index in [-0.39, 0.29) is 30.2 Å². The number of aryl methyl sites for hydroxylation is 1. The first-order chi connectivity index (χ1) is 34.5. The van der Waals surface area contributed by atoms with E-state index in [1.165, 1.54) is 6.07 Å². The van der Waals surface area contributed by atoms with Gasteiger partial charge in [0.2, 0.25) is 23.7 Å². The second kappa shape index (κ2) is 21.3. The Morgan fingerprint density at radius 1 is 0.875 bits per heavy atom. The summed E-state index contributed by atoms with van der Waals surface area (Å²) in [5, 5.41) is 9.50. The van der Waals surface area contributed by atoms with Crippen molar-refractivity contribution in [2.24, 2.45) is 5.92 Å². The second-order valence-corrected chi connectivity index (χ2v) is 23.5. The number of nitrogens with one attached hydrogen (secondary N) is 3. The molecule has 0 spiro atoms. The number of aromatic nitrogens is 4. The van der Waals surface area contributed by atoms with Crippen molar-refractivity contribution in [2.75, 3.05) is 93.2 Å². The summed E-state index contributed by atoms with van der Waals surface area (Å²) in [6.45, 7) is 11.3. The molecule has 4 saturated heterocycles. The summed E-state index contributed by atoms with van der Waals surface area (Å²) in [4.78, 5) is 64.8. The molecule has 1 atom stereocenters. The second-order valence-electron chi connectivity index (χ2n) is 19.5. The number of halogens is 4. The molecule has 72 heavy (non-hydrogen) atoms. The van der Waals surface area contributed by atoms with Gasteiger partial charge < -0.3 is 34.6 Å². The average Bonchev–Trinajstić information content (AvgIpc) is 3.36. The summed E-state index contributed by atoms with van der Waals surface area (Å²) in [5.41, 5.74) is 4.35. The molecule has 9 rings (SSSR count). The number of hydrogen-bond donors (Lipinski definition) is 3. The first kappa shape index (κ1) is 51.1. The van der Waals surface area contributed by atoms with Crippen LogP contribution in [0.4, 0.5) is 47.7 Å². The van der Waals surface area contributed by atoms with E-state index in [1.54, 1.807) is 45.1 Å². The summed E-state index contributed by atoms with van der Waals surface area (Å²) >= 11 is 3.58. The number of piperidine rings is 3. The highest BCUT2D eigenvalue weighted by molar-refractivity contribution is 9.10. The Morgan fingerprint density at radius 2 is 1.60 bits per heavy atom. The maximum absolute atomic E-state index is 14.3. The number of ether oxygens (including phenoxy) is 1. The molecule has 3 amide bonds. The predicted octanol–water partition coefficient (Wildman–Crippen LogP) is 8.45. The van der Waals surface area contributed by atoms with Crippen LogP contribution in [0.3, 0.4) is 0 Å². The van der Waals surface area contributed by atoms with E-state index >= 15 is 0 Å². The Hall–Kier alpha value is -5.85. The largest absolute Gasteiger partial charge is 0.494 e. The van der Waals surface area contributed by atoms with Crippen LogP contribution in [0.25, 0.3) is 11.0 Å². The lowest BCUT2D eigenvalue weighted by atomic mass is 9.86. The zero-order valence-corrected chi connectivity index (χ0v) is 43.4. The van der Waals surface area contributed by atoms with Crippen molar-refractivity contribution in [2.45, 2.75) is 76.4 Å². The minimum absolute atomic E-state index is 0.00202. The van der Waals surface area contributed by atoms with Gasteiger partial charge in [-0.15, -0.1) is 0 Å². The zero-order valence-electron chi connectivity index (χ0n) is 40.9. The van der Waals surface area contributed by atoms with Gasteiger partial charge in [-0.05, 0) is 115 Å². The average molecular weight is 1070 g/mol. The lowest BCUT2D eigenvalue weighted by Gasteiger charge is -2.44. The maximum atomic E-state index is 14.3. The normalized spacial score (nSPS) is 18.9. The fourth-order valence-electron chi connectivity index (χ4n) is 10.7. The van der Waals surface area contributed by atoms with Crippen molar-refractivity contribution in [1.82, 2.24) is 35.1 Å². The number of nitrogens with zero attached hydrogens (tertiary/aromatic N) is 8. The number of rotatable bonds is 13. The van der Waals surface area contributed by atoms with Crippen LogP contribution in [-0.4, -0.2) is 126 Å². The van der Waals surface area contributed by atoms with Crippen LogP contribution in [0.1, 0.15) is 74.5 Å². The van der Waals surface area contributed by atoms with E-state index in [2.05, 4.69) is 75.7 Å². The number of alkyl halides is 3. The van der Waals surface area contributed by atoms with Crippen molar-refractivity contribution in [3.05, 3.63) is 82.2 Å². The lowest BCUT2D eigenvalue weighted by molar-refractivity contribution is -0.139. The van der Waals surface area contributed by atoms with E-state index in [9.17, 15) is 32.1 Å². The Bertz CT molecular complexity index is 2900. The summed E-state index contributed by atoms with van der Waals surface area (Å²) < 4.78 is 63.0. The fourth-order valence-corrected chi connectivity index (χ4v) is 12.4. The molecule has 1 unspecified atom stereocenters. The van der Waals surface area contributed by atoms with E-state index in [0.717, 1.165) is 68.4 Å². The summed E-state index contributed by atoms with van der Waals surface area (Å²) in [6.07, 6.45) is 4.83. The van der Waals surface area contributed by atoms with Crippen LogP contribution in [0, 0.1) is 5.92 Å². The molecule has 0 bridgehead atoms. The molecule has 3 aromatic carbocycles. The molecule has 4 fully saturated rings. The minimum Gasteiger partial charge on any atom is -0.494 e. The van der Waals surface area contributed by atoms with Gasteiger partial charge in [0.15, 0.2) is 0 Å². The first-order valence-electron chi connectivity index (χ1n) is 24.6. The summed E-state index contributed by atoms with van der Waals surface area (Å²) in [6, 6.07) is 12.4. The number of hydrogen-bond acceptors (Lipinski definition) is 14. The molecule has 0 saturated carbocycles. The smallest absolute Gasteiger partial charge is 0.416 e. The molecule has 16 nitrogen and oxygen atoms in total. The van der Waals surface area contributed by atoms with Gasteiger partial charge in [0.1, 0.15) is 24.2 Å². The van der Waals surface area contributed by atoms with E-state index < -0.39 is 36.6 Å². The maximum Gasteiger partial charge on any atom is 0.416 e. The van der Waals surface area contributed by atoms with Gasteiger partial charge in [-0.25, -0.2) is 4.98 Å². The number of piperazine rings is 1. The summed E-state index contributed by atoms with van der Waals surface area (Å²) in [7, 11) is -1.15. The zero-order chi connectivity index (χ0) is 50.9. The van der Waals surface area contributed by atoms with Gasteiger partial charge in [-0.2, -0.15) is 18.2 Å². The number of amides is 3. The van der Waals surface area contributed by atoms with Crippen molar-refractivity contribution in [1.29, 1.82) is 0 Å². The van der Waals surface area contributed by atoms with Gasteiger partial charge in [0, 0.05) is 107 Å². The molecule has 4 aliphatic rings. The third kappa shape index (κ3) is 11.2. The van der Waals surface area contributed by atoms with Gasteiger partial charge in [-0.3, -0.25) is 34.6 Å². The minimum atomic E-state index is -4.66. The number of imide groups is 1. The van der Waals surface area contributed by atoms with Crippen molar-refractivity contribution in [3.8, 4) is 5.75 Å². The highest BCUT2D eigenvalue weighted by Gasteiger charge is 2.40. The number of benzene rings is 3. The predicted molar refractivity (Wildman–Crippen MR) is 277 cm³/mol. The summed E-state index contributed by atoms with van der Waals surface area (Å²) in [5.74, 6) is -0.441. The van der Waals surface area contributed by atoms with Crippen LogP contribution < -0.4 is 35.8 Å². The number of methoxy groups -OCH3 is 1. The van der Waals surface area contributed by atoms with Crippen LogP contribution in [0.2, 0.25) is 0 Å². The first-order valence-corrected chi connectivity index (χ1v) is 28.0. The molecule has 6 heterocycles.